The third kappa shape index (κ3) is 5.10. The van der Waals surface area contributed by atoms with E-state index in [1.54, 1.807) is 6.07 Å². The maximum Gasteiger partial charge on any atom is 0.246 e. The highest BCUT2D eigenvalue weighted by Crippen LogP contribution is 2.30. The van der Waals surface area contributed by atoms with E-state index in [-0.39, 0.29) is 11.8 Å². The average molecular weight is 440 g/mol. The Hall–Kier alpha value is -2.37. The number of benzene rings is 2. The van der Waals surface area contributed by atoms with Crippen molar-refractivity contribution in [3.8, 4) is 0 Å². The zero-order valence-electron chi connectivity index (χ0n) is 18.0. The fraction of sp³-hybridized carbons (Fsp3) is 0.440. The standard InChI is InChI=1S/C25H30ClN3O2/c1-18-9-10-21(17-22(18)26)27-24(30)23(19-7-3-2-4-8-19)28-15-11-20(12-16-28)25(31)29-13-5-6-14-29/h2-4,7-10,17,20,23H,5-6,11-16H2,1H3,(H,27,30). The van der Waals surface area contributed by atoms with E-state index in [9.17, 15) is 9.59 Å². The van der Waals surface area contributed by atoms with Crippen molar-refractivity contribution in [2.75, 3.05) is 31.5 Å². The molecule has 0 aromatic heterocycles. The summed E-state index contributed by atoms with van der Waals surface area (Å²) in [5.41, 5.74) is 2.63. The number of nitrogens with one attached hydrogen (secondary N) is 1. The van der Waals surface area contributed by atoms with Gasteiger partial charge in [0.25, 0.3) is 0 Å². The van der Waals surface area contributed by atoms with Crippen LogP contribution in [0.4, 0.5) is 5.69 Å². The van der Waals surface area contributed by atoms with Crippen LogP contribution in [0.5, 0.6) is 0 Å². The molecule has 6 heteroatoms. The molecule has 1 unspecified atom stereocenters. The van der Waals surface area contributed by atoms with E-state index >= 15 is 0 Å². The smallest absolute Gasteiger partial charge is 0.246 e. The molecule has 0 aliphatic carbocycles. The molecule has 2 aromatic carbocycles. The molecule has 4 rings (SSSR count). The quantitative estimate of drug-likeness (QED) is 0.736. The molecule has 2 aromatic rings. The molecule has 31 heavy (non-hydrogen) atoms. The molecule has 2 heterocycles. The van der Waals surface area contributed by atoms with Gasteiger partial charge in [-0.1, -0.05) is 48.0 Å². The Morgan fingerprint density at radius 2 is 1.68 bits per heavy atom. The van der Waals surface area contributed by atoms with Crippen LogP contribution in [0.3, 0.4) is 0 Å². The Morgan fingerprint density at radius 1 is 1.00 bits per heavy atom. The summed E-state index contributed by atoms with van der Waals surface area (Å²) in [6, 6.07) is 15.0. The first-order valence-electron chi connectivity index (χ1n) is 11.2. The second-order valence-electron chi connectivity index (χ2n) is 8.61. The van der Waals surface area contributed by atoms with Crippen LogP contribution >= 0.6 is 11.6 Å². The Labute approximate surface area is 189 Å². The van der Waals surface area contributed by atoms with Crippen molar-refractivity contribution in [1.29, 1.82) is 0 Å². The Morgan fingerprint density at radius 3 is 2.32 bits per heavy atom. The van der Waals surface area contributed by atoms with Gasteiger partial charge in [0.05, 0.1) is 0 Å². The third-order valence-corrected chi connectivity index (χ3v) is 6.87. The maximum absolute atomic E-state index is 13.4. The summed E-state index contributed by atoms with van der Waals surface area (Å²) < 4.78 is 0. The van der Waals surface area contributed by atoms with E-state index in [4.69, 9.17) is 11.6 Å². The Kier molecular flexibility index (Phi) is 6.93. The van der Waals surface area contributed by atoms with Crippen molar-refractivity contribution in [1.82, 2.24) is 9.80 Å². The van der Waals surface area contributed by atoms with E-state index in [0.717, 1.165) is 63.0 Å². The van der Waals surface area contributed by atoms with E-state index in [0.29, 0.717) is 16.6 Å². The molecule has 2 aliphatic rings. The second-order valence-corrected chi connectivity index (χ2v) is 9.02. The molecule has 1 atom stereocenters. The predicted octanol–water partition coefficient (Wildman–Crippen LogP) is 4.66. The summed E-state index contributed by atoms with van der Waals surface area (Å²) in [6.07, 6.45) is 3.82. The first kappa shape index (κ1) is 21.8. The number of rotatable bonds is 5. The van der Waals surface area contributed by atoms with E-state index < -0.39 is 6.04 Å². The summed E-state index contributed by atoms with van der Waals surface area (Å²) in [6.45, 7) is 5.19. The SMILES string of the molecule is Cc1ccc(NC(=O)C(c2ccccc2)N2CCC(C(=O)N3CCCC3)CC2)cc1Cl. The van der Waals surface area contributed by atoms with Crippen LogP contribution in [0.2, 0.25) is 5.02 Å². The number of hydrogen-bond donors (Lipinski definition) is 1. The van der Waals surface area contributed by atoms with Gasteiger partial charge in [-0.15, -0.1) is 0 Å². The lowest BCUT2D eigenvalue weighted by atomic mass is 9.92. The number of carbonyl (C=O) groups excluding carboxylic acids is 2. The van der Waals surface area contributed by atoms with Crippen molar-refractivity contribution in [2.24, 2.45) is 5.92 Å². The summed E-state index contributed by atoms with van der Waals surface area (Å²) in [5, 5.41) is 3.68. The Balaban J connectivity index is 1.47. The van der Waals surface area contributed by atoms with Gasteiger partial charge in [-0.3, -0.25) is 14.5 Å². The molecule has 2 saturated heterocycles. The average Bonchev–Trinajstić information content (AvgIpc) is 3.32. The number of carbonyl (C=O) groups is 2. The fourth-order valence-electron chi connectivity index (χ4n) is 4.64. The highest BCUT2D eigenvalue weighted by Gasteiger charge is 2.35. The van der Waals surface area contributed by atoms with E-state index in [1.165, 1.54) is 0 Å². The molecular formula is C25H30ClN3O2. The van der Waals surface area contributed by atoms with Crippen LogP contribution in [0.1, 0.15) is 42.9 Å². The largest absolute Gasteiger partial charge is 0.342 e. The minimum absolute atomic E-state index is 0.0737. The number of nitrogens with zero attached hydrogens (tertiary/aromatic N) is 2. The van der Waals surface area contributed by atoms with Crippen LogP contribution in [0.15, 0.2) is 48.5 Å². The number of piperidine rings is 1. The van der Waals surface area contributed by atoms with Gasteiger partial charge in [0.15, 0.2) is 0 Å². The second kappa shape index (κ2) is 9.84. The van der Waals surface area contributed by atoms with Gasteiger partial charge in [-0.05, 0) is 69.0 Å². The van der Waals surface area contributed by atoms with Gasteiger partial charge in [0, 0.05) is 29.7 Å². The topological polar surface area (TPSA) is 52.7 Å². The molecule has 2 aliphatic heterocycles. The monoisotopic (exact) mass is 439 g/mol. The zero-order valence-corrected chi connectivity index (χ0v) is 18.8. The first-order chi connectivity index (χ1) is 15.0. The first-order valence-corrected chi connectivity index (χ1v) is 11.6. The van der Waals surface area contributed by atoms with Crippen LogP contribution < -0.4 is 5.32 Å². The van der Waals surface area contributed by atoms with Gasteiger partial charge < -0.3 is 10.2 Å². The molecule has 2 amide bonds. The minimum Gasteiger partial charge on any atom is -0.342 e. The number of likely N-dealkylation sites (tertiary alicyclic amines) is 2. The molecular weight excluding hydrogens is 410 g/mol. The summed E-state index contributed by atoms with van der Waals surface area (Å²) in [5.74, 6) is 0.298. The number of halogens is 1. The van der Waals surface area contributed by atoms with E-state index in [2.05, 4.69) is 10.2 Å². The number of aryl methyl sites for hydroxylation is 1. The van der Waals surface area contributed by atoms with E-state index in [1.807, 2.05) is 54.3 Å². The fourth-order valence-corrected chi connectivity index (χ4v) is 4.83. The summed E-state index contributed by atoms with van der Waals surface area (Å²) in [7, 11) is 0. The normalized spacial score (nSPS) is 18.7. The number of hydrogen-bond acceptors (Lipinski definition) is 3. The van der Waals surface area contributed by atoms with Crippen molar-refractivity contribution >= 4 is 29.1 Å². The number of amides is 2. The molecule has 5 nitrogen and oxygen atoms in total. The van der Waals surface area contributed by atoms with Crippen molar-refractivity contribution < 1.29 is 9.59 Å². The Bertz CT molecular complexity index is 920. The lowest BCUT2D eigenvalue weighted by Gasteiger charge is -2.37. The van der Waals surface area contributed by atoms with Crippen LogP contribution in [-0.4, -0.2) is 47.8 Å². The van der Waals surface area contributed by atoms with Gasteiger partial charge >= 0.3 is 0 Å². The predicted molar refractivity (Wildman–Crippen MR) is 124 cm³/mol. The molecule has 0 radical (unpaired) electrons. The lowest BCUT2D eigenvalue weighted by molar-refractivity contribution is -0.136. The highest BCUT2D eigenvalue weighted by molar-refractivity contribution is 6.31. The zero-order chi connectivity index (χ0) is 21.8. The lowest BCUT2D eigenvalue weighted by Crippen LogP contribution is -2.45. The summed E-state index contributed by atoms with van der Waals surface area (Å²) >= 11 is 6.24. The highest BCUT2D eigenvalue weighted by atomic mass is 35.5. The van der Waals surface area contributed by atoms with Crippen LogP contribution in [0.25, 0.3) is 0 Å². The maximum atomic E-state index is 13.4. The van der Waals surface area contributed by atoms with Gasteiger partial charge in [-0.2, -0.15) is 0 Å². The number of anilines is 1. The molecule has 0 saturated carbocycles. The molecule has 164 valence electrons. The summed E-state index contributed by atoms with van der Waals surface area (Å²) in [4.78, 5) is 30.4. The molecule has 0 spiro atoms. The molecule has 0 bridgehead atoms. The molecule has 1 N–H and O–H groups in total. The van der Waals surface area contributed by atoms with Gasteiger partial charge in [0.2, 0.25) is 11.8 Å². The minimum atomic E-state index is -0.399. The van der Waals surface area contributed by atoms with Crippen molar-refractivity contribution in [2.45, 2.75) is 38.6 Å². The third-order valence-electron chi connectivity index (χ3n) is 6.46. The van der Waals surface area contributed by atoms with Crippen molar-refractivity contribution in [3.05, 3.63) is 64.7 Å². The van der Waals surface area contributed by atoms with Crippen molar-refractivity contribution in [3.63, 3.8) is 0 Å². The molecule has 2 fully saturated rings. The van der Waals surface area contributed by atoms with Gasteiger partial charge in [-0.25, -0.2) is 0 Å². The van der Waals surface area contributed by atoms with Crippen LogP contribution in [-0.2, 0) is 9.59 Å². The van der Waals surface area contributed by atoms with Gasteiger partial charge in [0.1, 0.15) is 6.04 Å². The van der Waals surface area contributed by atoms with Crippen LogP contribution in [0, 0.1) is 12.8 Å².